The number of anilines is 1. The lowest BCUT2D eigenvalue weighted by atomic mass is 9.93. The highest BCUT2D eigenvalue weighted by molar-refractivity contribution is 5.55. The smallest absolute Gasteiger partial charge is 0.129 e. The van der Waals surface area contributed by atoms with Crippen LogP contribution in [-0.4, -0.2) is 33.4 Å². The average molecular weight is 280 g/mol. The van der Waals surface area contributed by atoms with E-state index in [9.17, 15) is 4.39 Å². The molecule has 0 amide bonds. The Morgan fingerprint density at radius 2 is 2.20 bits per heavy atom. The lowest BCUT2D eigenvalue weighted by molar-refractivity contribution is 0.199. The minimum Gasteiger partial charge on any atom is -0.383 e. The number of ether oxygens (including phenoxy) is 1. The molecule has 112 valence electrons. The molecule has 0 saturated carbocycles. The van der Waals surface area contributed by atoms with E-state index in [1.165, 1.54) is 6.07 Å². The lowest BCUT2D eigenvalue weighted by Crippen LogP contribution is -2.26. The second kappa shape index (κ2) is 6.55. The molecule has 20 heavy (non-hydrogen) atoms. The zero-order valence-corrected chi connectivity index (χ0v) is 12.7. The number of nitrogens with one attached hydrogen (secondary N) is 1. The summed E-state index contributed by atoms with van der Waals surface area (Å²) in [7, 11) is 1.67. The summed E-state index contributed by atoms with van der Waals surface area (Å²) in [4.78, 5) is 2.30. The summed E-state index contributed by atoms with van der Waals surface area (Å²) in [5.74, 6) is -0.128. The summed E-state index contributed by atoms with van der Waals surface area (Å²) >= 11 is 0. The topological polar surface area (TPSA) is 24.5 Å². The van der Waals surface area contributed by atoms with Crippen LogP contribution in [0.3, 0.4) is 0 Å². The summed E-state index contributed by atoms with van der Waals surface area (Å²) in [6.07, 6.45) is 1.15. The molecule has 1 aliphatic rings. The van der Waals surface area contributed by atoms with Crippen molar-refractivity contribution >= 4 is 5.69 Å². The second-order valence-electron chi connectivity index (χ2n) is 6.24. The predicted molar refractivity (Wildman–Crippen MR) is 80.6 cm³/mol. The first kappa shape index (κ1) is 15.3. The monoisotopic (exact) mass is 280 g/mol. The van der Waals surface area contributed by atoms with Gasteiger partial charge in [0.1, 0.15) is 5.82 Å². The average Bonchev–Trinajstić information content (AvgIpc) is 2.76. The van der Waals surface area contributed by atoms with Crippen LogP contribution in [-0.2, 0) is 11.3 Å². The predicted octanol–water partition coefficient (Wildman–Crippen LogP) is 2.80. The van der Waals surface area contributed by atoms with Crippen molar-refractivity contribution in [3.63, 3.8) is 0 Å². The number of hydrogen-bond acceptors (Lipinski definition) is 3. The fourth-order valence-corrected chi connectivity index (χ4v) is 2.72. The Morgan fingerprint density at radius 1 is 1.40 bits per heavy atom. The van der Waals surface area contributed by atoms with Crippen molar-refractivity contribution in [2.75, 3.05) is 38.3 Å². The molecule has 1 fully saturated rings. The molecule has 0 aliphatic carbocycles. The van der Waals surface area contributed by atoms with Gasteiger partial charge >= 0.3 is 0 Å². The molecule has 3 nitrogen and oxygen atoms in total. The van der Waals surface area contributed by atoms with Crippen LogP contribution in [0.2, 0.25) is 0 Å². The van der Waals surface area contributed by atoms with Gasteiger partial charge < -0.3 is 15.0 Å². The Labute approximate surface area is 121 Å². The quantitative estimate of drug-likeness (QED) is 0.811. The standard InChI is InChI=1S/C16H25FN2O/c1-16(2)7-9-19(12-16)15-6-4-5-14(17)13(15)11-18-8-10-20-3/h4-6,18H,7-12H2,1-3H3. The van der Waals surface area contributed by atoms with Crippen LogP contribution in [0.15, 0.2) is 18.2 Å². The molecular weight excluding hydrogens is 255 g/mol. The Kier molecular flexibility index (Phi) is 5.00. The fourth-order valence-electron chi connectivity index (χ4n) is 2.72. The Morgan fingerprint density at radius 3 is 2.85 bits per heavy atom. The van der Waals surface area contributed by atoms with Crippen LogP contribution >= 0.6 is 0 Å². The minimum atomic E-state index is -0.128. The van der Waals surface area contributed by atoms with Crippen molar-refractivity contribution < 1.29 is 9.13 Å². The Bertz CT molecular complexity index is 448. The number of halogens is 1. The Hall–Kier alpha value is -1.13. The fraction of sp³-hybridized carbons (Fsp3) is 0.625. The van der Waals surface area contributed by atoms with Gasteiger partial charge in [0.25, 0.3) is 0 Å². The van der Waals surface area contributed by atoms with Gasteiger partial charge in [0, 0.05) is 44.5 Å². The van der Waals surface area contributed by atoms with Crippen LogP contribution in [0.4, 0.5) is 10.1 Å². The van der Waals surface area contributed by atoms with Gasteiger partial charge in [-0.1, -0.05) is 19.9 Å². The van der Waals surface area contributed by atoms with Crippen LogP contribution in [0, 0.1) is 11.2 Å². The van der Waals surface area contributed by atoms with Crippen molar-refractivity contribution in [3.8, 4) is 0 Å². The van der Waals surface area contributed by atoms with E-state index < -0.39 is 0 Å². The van der Waals surface area contributed by atoms with Gasteiger partial charge in [-0.3, -0.25) is 0 Å². The van der Waals surface area contributed by atoms with E-state index in [0.29, 0.717) is 18.6 Å². The van der Waals surface area contributed by atoms with E-state index in [1.807, 2.05) is 6.07 Å². The zero-order chi connectivity index (χ0) is 14.6. The normalized spacial score (nSPS) is 17.7. The van der Waals surface area contributed by atoms with Gasteiger partial charge in [0.15, 0.2) is 0 Å². The number of hydrogen-bond donors (Lipinski definition) is 1. The van der Waals surface area contributed by atoms with E-state index in [1.54, 1.807) is 13.2 Å². The highest BCUT2D eigenvalue weighted by Crippen LogP contribution is 2.34. The molecule has 0 radical (unpaired) electrons. The van der Waals surface area contributed by atoms with E-state index >= 15 is 0 Å². The second-order valence-corrected chi connectivity index (χ2v) is 6.24. The van der Waals surface area contributed by atoms with Gasteiger partial charge in [-0.05, 0) is 24.0 Å². The van der Waals surface area contributed by atoms with E-state index in [0.717, 1.165) is 37.3 Å². The third-order valence-corrected chi connectivity index (χ3v) is 3.90. The summed E-state index contributed by atoms with van der Waals surface area (Å²) in [5, 5.41) is 3.24. The van der Waals surface area contributed by atoms with Crippen molar-refractivity contribution in [2.45, 2.75) is 26.8 Å². The van der Waals surface area contributed by atoms with Crippen molar-refractivity contribution in [3.05, 3.63) is 29.6 Å². The molecule has 1 N–H and O–H groups in total. The molecule has 0 atom stereocenters. The summed E-state index contributed by atoms with van der Waals surface area (Å²) in [6.45, 7) is 8.44. The van der Waals surface area contributed by atoms with Crippen LogP contribution in [0.5, 0.6) is 0 Å². The SMILES string of the molecule is COCCNCc1c(F)cccc1N1CCC(C)(C)C1. The zero-order valence-electron chi connectivity index (χ0n) is 12.7. The molecule has 1 aliphatic heterocycles. The molecular formula is C16H25FN2O. The summed E-state index contributed by atoms with van der Waals surface area (Å²) in [5.41, 5.74) is 2.11. The van der Waals surface area contributed by atoms with Gasteiger partial charge in [-0.15, -0.1) is 0 Å². The van der Waals surface area contributed by atoms with Crippen LogP contribution < -0.4 is 10.2 Å². The van der Waals surface area contributed by atoms with Gasteiger partial charge in [-0.2, -0.15) is 0 Å². The molecule has 1 saturated heterocycles. The molecule has 1 heterocycles. The maximum Gasteiger partial charge on any atom is 0.129 e. The Balaban J connectivity index is 2.10. The van der Waals surface area contributed by atoms with E-state index in [-0.39, 0.29) is 5.82 Å². The highest BCUT2D eigenvalue weighted by Gasteiger charge is 2.30. The maximum absolute atomic E-state index is 14.1. The summed E-state index contributed by atoms with van der Waals surface area (Å²) < 4.78 is 19.1. The number of nitrogens with zero attached hydrogens (tertiary/aromatic N) is 1. The van der Waals surface area contributed by atoms with Crippen LogP contribution in [0.25, 0.3) is 0 Å². The molecule has 1 aromatic carbocycles. The highest BCUT2D eigenvalue weighted by atomic mass is 19.1. The molecule has 0 spiro atoms. The molecule has 0 unspecified atom stereocenters. The van der Waals surface area contributed by atoms with E-state index in [4.69, 9.17) is 4.74 Å². The third-order valence-electron chi connectivity index (χ3n) is 3.90. The van der Waals surface area contributed by atoms with Crippen molar-refractivity contribution in [1.82, 2.24) is 5.32 Å². The molecule has 2 rings (SSSR count). The third kappa shape index (κ3) is 3.70. The molecule has 1 aromatic rings. The van der Waals surface area contributed by atoms with Crippen molar-refractivity contribution in [2.24, 2.45) is 5.41 Å². The minimum absolute atomic E-state index is 0.128. The number of methoxy groups -OCH3 is 1. The molecule has 0 aromatic heterocycles. The number of rotatable bonds is 6. The lowest BCUT2D eigenvalue weighted by Gasteiger charge is -2.24. The van der Waals surface area contributed by atoms with Gasteiger partial charge in [0.05, 0.1) is 6.61 Å². The van der Waals surface area contributed by atoms with Crippen LogP contribution in [0.1, 0.15) is 25.8 Å². The first-order chi connectivity index (χ1) is 9.53. The van der Waals surface area contributed by atoms with Crippen molar-refractivity contribution in [1.29, 1.82) is 0 Å². The van der Waals surface area contributed by atoms with E-state index in [2.05, 4.69) is 24.1 Å². The van der Waals surface area contributed by atoms with Gasteiger partial charge in [0.2, 0.25) is 0 Å². The summed E-state index contributed by atoms with van der Waals surface area (Å²) in [6, 6.07) is 5.37. The number of benzene rings is 1. The first-order valence-corrected chi connectivity index (χ1v) is 7.25. The largest absolute Gasteiger partial charge is 0.383 e. The molecule has 0 bridgehead atoms. The maximum atomic E-state index is 14.1. The first-order valence-electron chi connectivity index (χ1n) is 7.25. The molecule has 4 heteroatoms. The van der Waals surface area contributed by atoms with Gasteiger partial charge in [-0.25, -0.2) is 4.39 Å².